The van der Waals surface area contributed by atoms with Crippen molar-refractivity contribution in [2.75, 3.05) is 6.54 Å². The fourth-order valence-electron chi connectivity index (χ4n) is 7.28. The number of ether oxygens (including phenoxy) is 2. The third-order valence-electron chi connectivity index (χ3n) is 9.48. The molecule has 2 amide bonds. The van der Waals surface area contributed by atoms with Crippen LogP contribution in [-0.2, 0) is 20.9 Å². The maximum Gasteiger partial charge on any atom is 0.408 e. The van der Waals surface area contributed by atoms with Crippen molar-refractivity contribution in [3.05, 3.63) is 52.8 Å². The predicted molar refractivity (Wildman–Crippen MR) is 155 cm³/mol. The second-order valence-electron chi connectivity index (χ2n) is 12.1. The number of amides is 2. The average Bonchev–Trinajstić information content (AvgIpc) is 3.74. The molecule has 4 aliphatic rings. The number of allylic oxidation sites excluding steroid dienone is 2. The normalized spacial score (nSPS) is 30.0. The van der Waals surface area contributed by atoms with Gasteiger partial charge in [0.2, 0.25) is 5.91 Å². The maximum absolute atomic E-state index is 14.0. The number of carbonyl (C=O) groups excluding carboxylic acids is 2. The van der Waals surface area contributed by atoms with Crippen LogP contribution in [0.25, 0.3) is 10.8 Å². The van der Waals surface area contributed by atoms with Crippen LogP contribution in [0.2, 0.25) is 0 Å². The van der Waals surface area contributed by atoms with E-state index >= 15 is 0 Å². The largest absolute Gasteiger partial charge is 0.480 e. The molecule has 2 saturated carbocycles. The Morgan fingerprint density at radius 1 is 0.952 bits per heavy atom. The number of hydrogen-bond donors (Lipinski definition) is 2. The molecule has 224 valence electrons. The van der Waals surface area contributed by atoms with E-state index < -0.39 is 36.2 Å². The monoisotopic (exact) mass is 577 g/mol. The van der Waals surface area contributed by atoms with E-state index in [1.807, 2.05) is 24.3 Å². The van der Waals surface area contributed by atoms with Crippen LogP contribution in [0.4, 0.5) is 4.79 Å². The van der Waals surface area contributed by atoms with Crippen molar-refractivity contribution in [3.8, 4) is 5.88 Å². The Morgan fingerprint density at radius 3 is 2.55 bits per heavy atom. The second kappa shape index (κ2) is 12.2. The number of carboxylic acids is 1. The minimum absolute atomic E-state index is 0.0430. The van der Waals surface area contributed by atoms with E-state index in [9.17, 15) is 24.3 Å². The Morgan fingerprint density at radius 2 is 1.74 bits per heavy atom. The van der Waals surface area contributed by atoms with Crippen LogP contribution in [0, 0.1) is 11.8 Å². The molecular weight excluding hydrogens is 538 g/mol. The van der Waals surface area contributed by atoms with Gasteiger partial charge in [0.15, 0.2) is 5.88 Å². The molecule has 1 aromatic heterocycles. The molecule has 0 radical (unpaired) electrons. The number of carbonyl (C=O) groups is 3. The summed E-state index contributed by atoms with van der Waals surface area (Å²) in [5.41, 5.74) is -0.167. The summed E-state index contributed by atoms with van der Waals surface area (Å²) in [7, 11) is 0. The van der Waals surface area contributed by atoms with Gasteiger partial charge in [-0.25, -0.2) is 9.59 Å². The van der Waals surface area contributed by atoms with Crippen molar-refractivity contribution < 1.29 is 29.0 Å². The first-order chi connectivity index (χ1) is 20.4. The number of aromatic nitrogens is 1. The molecule has 2 aliphatic heterocycles. The SMILES string of the molecule is O=C1N[C@@H](C2CCCC2)C(=O)N2C[C@@H](C[C@H]2C(=O)O)Oc2cc3ccccc3c(=O)n2CC/C=C\C[C@@H]2CCC[C@H]2O1. The van der Waals surface area contributed by atoms with Crippen LogP contribution in [-0.4, -0.2) is 63.4 Å². The van der Waals surface area contributed by atoms with Gasteiger partial charge in [-0.3, -0.25) is 14.2 Å². The molecule has 0 unspecified atom stereocenters. The van der Waals surface area contributed by atoms with Gasteiger partial charge in [-0.2, -0.15) is 0 Å². The zero-order valence-electron chi connectivity index (χ0n) is 23.8. The van der Waals surface area contributed by atoms with Crippen molar-refractivity contribution in [3.63, 3.8) is 0 Å². The summed E-state index contributed by atoms with van der Waals surface area (Å²) in [5, 5.41) is 14.3. The van der Waals surface area contributed by atoms with Gasteiger partial charge < -0.3 is 24.8 Å². The quantitative estimate of drug-likeness (QED) is 0.511. The van der Waals surface area contributed by atoms with Gasteiger partial charge in [-0.05, 0) is 68.2 Å². The van der Waals surface area contributed by atoms with Crippen LogP contribution in [0.3, 0.4) is 0 Å². The zero-order valence-corrected chi connectivity index (χ0v) is 23.8. The molecule has 2 N–H and O–H groups in total. The summed E-state index contributed by atoms with van der Waals surface area (Å²) in [5.74, 6) is -1.08. The van der Waals surface area contributed by atoms with Crippen molar-refractivity contribution >= 4 is 28.7 Å². The van der Waals surface area contributed by atoms with E-state index in [1.54, 1.807) is 10.6 Å². The molecular formula is C32H39N3O7. The minimum atomic E-state index is -1.12. The summed E-state index contributed by atoms with van der Waals surface area (Å²) < 4.78 is 13.8. The van der Waals surface area contributed by atoms with E-state index in [-0.39, 0.29) is 36.5 Å². The summed E-state index contributed by atoms with van der Waals surface area (Å²) >= 11 is 0. The Hall–Kier alpha value is -3.82. The number of pyridine rings is 1. The highest BCUT2D eigenvalue weighted by atomic mass is 16.6. The number of alkyl carbamates (subject to hydrolysis) is 1. The molecule has 0 spiro atoms. The molecule has 2 bridgehead atoms. The number of nitrogens with one attached hydrogen (secondary N) is 1. The van der Waals surface area contributed by atoms with Gasteiger partial charge in [-0.15, -0.1) is 0 Å². The zero-order chi connectivity index (χ0) is 29.2. The molecule has 42 heavy (non-hydrogen) atoms. The van der Waals surface area contributed by atoms with Crippen LogP contribution in [0.15, 0.2) is 47.3 Å². The van der Waals surface area contributed by atoms with E-state index in [2.05, 4.69) is 17.5 Å². The summed E-state index contributed by atoms with van der Waals surface area (Å²) in [6.07, 6.45) is 10.3. The molecule has 1 aromatic carbocycles. The minimum Gasteiger partial charge on any atom is -0.480 e. The fourth-order valence-corrected chi connectivity index (χ4v) is 7.28. The van der Waals surface area contributed by atoms with Gasteiger partial charge in [0.25, 0.3) is 5.56 Å². The topological polar surface area (TPSA) is 127 Å². The van der Waals surface area contributed by atoms with Gasteiger partial charge in [-0.1, -0.05) is 43.2 Å². The lowest BCUT2D eigenvalue weighted by atomic mass is 9.96. The molecule has 5 atom stereocenters. The van der Waals surface area contributed by atoms with Crippen molar-refractivity contribution in [2.24, 2.45) is 11.8 Å². The smallest absolute Gasteiger partial charge is 0.408 e. The lowest BCUT2D eigenvalue weighted by Crippen LogP contribution is -2.55. The predicted octanol–water partition coefficient (Wildman–Crippen LogP) is 4.24. The van der Waals surface area contributed by atoms with Gasteiger partial charge >= 0.3 is 12.1 Å². The standard InChI is InChI=1S/C32H39N3O7/c36-29-24-14-6-5-12-22(24)17-27-34(29)16-7-1-2-9-20-13-8-15-26(20)42-32(40)33-28(21-10-3-4-11-21)30(37)35-19-23(41-27)18-25(35)31(38)39/h1-2,5-6,12,14,17,20-21,23,25-26,28H,3-4,7-11,13,15-16,18-19H2,(H,33,40)(H,38,39)/b2-1-/t20-,23-,25+,26-,28+/m1/s1. The number of nitrogens with zero attached hydrogens (tertiary/aromatic N) is 2. The number of aliphatic carboxylic acids is 1. The maximum atomic E-state index is 14.0. The highest BCUT2D eigenvalue weighted by Gasteiger charge is 2.46. The molecule has 2 aromatic rings. The lowest BCUT2D eigenvalue weighted by Gasteiger charge is -2.31. The van der Waals surface area contributed by atoms with Crippen LogP contribution in [0.5, 0.6) is 5.88 Å². The summed E-state index contributed by atoms with van der Waals surface area (Å²) in [6, 6.07) is 7.19. The van der Waals surface area contributed by atoms with Gasteiger partial charge in [0.1, 0.15) is 24.3 Å². The number of fused-ring (bicyclic) bond motifs is 5. The fraction of sp³-hybridized carbons (Fsp3) is 0.562. The third-order valence-corrected chi connectivity index (χ3v) is 9.48. The highest BCUT2D eigenvalue weighted by molar-refractivity contribution is 5.90. The van der Waals surface area contributed by atoms with Crippen LogP contribution < -0.4 is 15.6 Å². The molecule has 10 nitrogen and oxygen atoms in total. The Bertz CT molecular complexity index is 1430. The third kappa shape index (κ3) is 5.76. The molecule has 3 fully saturated rings. The van der Waals surface area contributed by atoms with Gasteiger partial charge in [0.05, 0.1) is 6.54 Å². The summed E-state index contributed by atoms with van der Waals surface area (Å²) in [4.78, 5) is 54.4. The van der Waals surface area contributed by atoms with E-state index in [0.29, 0.717) is 24.2 Å². The molecule has 6 rings (SSSR count). The van der Waals surface area contributed by atoms with Gasteiger partial charge in [0, 0.05) is 24.4 Å². The first-order valence-corrected chi connectivity index (χ1v) is 15.3. The van der Waals surface area contributed by atoms with E-state index in [1.165, 1.54) is 4.90 Å². The molecule has 2 aliphatic carbocycles. The van der Waals surface area contributed by atoms with Crippen molar-refractivity contribution in [1.29, 1.82) is 0 Å². The lowest BCUT2D eigenvalue weighted by molar-refractivity contribution is -0.149. The first-order valence-electron chi connectivity index (χ1n) is 15.3. The molecule has 3 heterocycles. The number of rotatable bonds is 2. The van der Waals surface area contributed by atoms with Crippen molar-refractivity contribution in [2.45, 2.75) is 95.0 Å². The number of carboxylic acid groups (broad SMARTS) is 1. The molecule has 1 saturated heterocycles. The second-order valence-corrected chi connectivity index (χ2v) is 12.1. The average molecular weight is 578 g/mol. The Kier molecular flexibility index (Phi) is 8.22. The number of benzene rings is 1. The Balaban J connectivity index is 1.36. The first kappa shape index (κ1) is 28.3. The highest BCUT2D eigenvalue weighted by Crippen LogP contribution is 2.34. The Labute approximate surface area is 244 Å². The molecule has 10 heteroatoms. The summed E-state index contributed by atoms with van der Waals surface area (Å²) in [6.45, 7) is 0.436. The van der Waals surface area contributed by atoms with Crippen LogP contribution >= 0.6 is 0 Å². The van der Waals surface area contributed by atoms with E-state index in [0.717, 1.165) is 56.8 Å². The number of hydrogen-bond acceptors (Lipinski definition) is 6. The van der Waals surface area contributed by atoms with Crippen molar-refractivity contribution in [1.82, 2.24) is 14.8 Å². The van der Waals surface area contributed by atoms with Crippen LogP contribution in [0.1, 0.15) is 64.2 Å². The van der Waals surface area contributed by atoms with E-state index in [4.69, 9.17) is 9.47 Å².